The molecule has 0 aromatic heterocycles. The predicted molar refractivity (Wildman–Crippen MR) is 142 cm³/mol. The van der Waals surface area contributed by atoms with E-state index >= 15 is 0 Å². The molecule has 1 aliphatic carbocycles. The predicted octanol–water partition coefficient (Wildman–Crippen LogP) is -0.906. The van der Waals surface area contributed by atoms with Gasteiger partial charge in [-0.2, -0.15) is 0 Å². The maximum Gasteiger partial charge on any atom is 0.330 e. The van der Waals surface area contributed by atoms with E-state index < -0.39 is 78.8 Å². The highest BCUT2D eigenvalue weighted by Crippen LogP contribution is 2.51. The maximum atomic E-state index is 12.4. The summed E-state index contributed by atoms with van der Waals surface area (Å²) in [5.74, 6) is -2.73. The number of ether oxygens (including phenoxy) is 7. The van der Waals surface area contributed by atoms with E-state index in [4.69, 9.17) is 33.2 Å². The van der Waals surface area contributed by atoms with E-state index in [1.165, 1.54) is 45.4 Å². The summed E-state index contributed by atoms with van der Waals surface area (Å²) < 4.78 is 37.7. The number of methoxy groups -OCH3 is 2. The van der Waals surface area contributed by atoms with Crippen LogP contribution in [0.1, 0.15) is 25.8 Å². The van der Waals surface area contributed by atoms with Crippen LogP contribution >= 0.6 is 0 Å². The van der Waals surface area contributed by atoms with Crippen LogP contribution < -0.4 is 9.47 Å². The van der Waals surface area contributed by atoms with E-state index in [0.717, 1.165) is 19.3 Å². The number of carbonyl (C=O) groups excluding carboxylic acids is 2. The molecule has 1 aromatic carbocycles. The van der Waals surface area contributed by atoms with Crippen LogP contribution in [-0.2, 0) is 33.3 Å². The van der Waals surface area contributed by atoms with Gasteiger partial charge in [0.05, 0.1) is 32.5 Å². The van der Waals surface area contributed by atoms with E-state index in [0.29, 0.717) is 5.56 Å². The van der Waals surface area contributed by atoms with Crippen molar-refractivity contribution in [3.63, 3.8) is 0 Å². The number of carbonyl (C=O) groups is 2. The zero-order valence-electron chi connectivity index (χ0n) is 23.9. The molecular weight excluding hydrogens is 576 g/mol. The summed E-state index contributed by atoms with van der Waals surface area (Å²) in [6.45, 7) is 2.07. The highest BCUT2D eigenvalue weighted by molar-refractivity contribution is 5.87. The number of fused-ring (bicyclic) bond motifs is 1. The van der Waals surface area contributed by atoms with Crippen LogP contribution in [0.5, 0.6) is 17.2 Å². The number of rotatable bonds is 9. The Morgan fingerprint density at radius 2 is 1.70 bits per heavy atom. The van der Waals surface area contributed by atoms with Crippen molar-refractivity contribution >= 4 is 18.0 Å². The molecule has 6 N–H and O–H groups in total. The van der Waals surface area contributed by atoms with Gasteiger partial charge in [-0.25, -0.2) is 4.79 Å². The number of aromatic hydroxyl groups is 1. The smallest absolute Gasteiger partial charge is 0.330 e. The minimum atomic E-state index is -1.93. The van der Waals surface area contributed by atoms with Crippen LogP contribution in [0.2, 0.25) is 0 Å². The topological polar surface area (TPSA) is 220 Å². The SMILES string of the molecule is COc1cc(/C=C/C(=O)OC[C@H]2O[C@@H](O[C@@H]3OC=C[C@@]4(O)[C@H](O)C[C@](C)(OC(C)=O)[C@@H]34)[C@H](O)[C@@H](O)[C@@H]2O)cc(OC)c1O. The molecule has 0 amide bonds. The Kier molecular flexibility index (Phi) is 9.56. The molecular formula is C28H36O15. The number of aliphatic hydroxyl groups is 5. The zero-order valence-corrected chi connectivity index (χ0v) is 23.9. The molecule has 0 radical (unpaired) electrons. The highest BCUT2D eigenvalue weighted by Gasteiger charge is 2.66. The van der Waals surface area contributed by atoms with Gasteiger partial charge in [0.15, 0.2) is 17.8 Å². The molecule has 2 fully saturated rings. The average molecular weight is 613 g/mol. The normalized spacial score (nSPS) is 37.0. The summed E-state index contributed by atoms with van der Waals surface area (Å²) in [5, 5.41) is 63.4. The molecule has 4 rings (SSSR count). The van der Waals surface area contributed by atoms with Gasteiger partial charge >= 0.3 is 11.9 Å². The van der Waals surface area contributed by atoms with Gasteiger partial charge in [0.1, 0.15) is 42.2 Å². The second-order valence-corrected chi connectivity index (χ2v) is 10.7. The van der Waals surface area contributed by atoms with Crippen LogP contribution in [0.25, 0.3) is 6.08 Å². The summed E-state index contributed by atoms with van der Waals surface area (Å²) >= 11 is 0. The number of esters is 2. The first-order chi connectivity index (χ1) is 20.2. The zero-order chi connectivity index (χ0) is 31.7. The third-order valence-electron chi connectivity index (χ3n) is 7.73. The number of hydrogen-bond acceptors (Lipinski definition) is 15. The number of aliphatic hydroxyl groups excluding tert-OH is 4. The molecule has 0 spiro atoms. The van der Waals surface area contributed by atoms with Crippen molar-refractivity contribution in [2.45, 2.75) is 74.6 Å². The molecule has 0 unspecified atom stereocenters. The van der Waals surface area contributed by atoms with Crippen molar-refractivity contribution in [3.8, 4) is 17.2 Å². The summed E-state index contributed by atoms with van der Waals surface area (Å²) in [6.07, 6.45) is -6.62. The van der Waals surface area contributed by atoms with Gasteiger partial charge in [-0.15, -0.1) is 0 Å². The van der Waals surface area contributed by atoms with Crippen molar-refractivity contribution in [1.29, 1.82) is 0 Å². The molecule has 15 nitrogen and oxygen atoms in total. The van der Waals surface area contributed by atoms with Crippen LogP contribution in [0.3, 0.4) is 0 Å². The first-order valence-corrected chi connectivity index (χ1v) is 13.3. The summed E-state index contributed by atoms with van der Waals surface area (Å²) in [4.78, 5) is 24.2. The molecule has 2 aliphatic heterocycles. The molecule has 1 saturated heterocycles. The molecule has 3 aliphatic rings. The summed E-state index contributed by atoms with van der Waals surface area (Å²) in [7, 11) is 2.70. The lowest BCUT2D eigenvalue weighted by molar-refractivity contribution is -0.351. The number of phenolic OH excluding ortho intramolecular Hbond substituents is 1. The Morgan fingerprint density at radius 1 is 1.05 bits per heavy atom. The Morgan fingerprint density at radius 3 is 2.30 bits per heavy atom. The van der Waals surface area contributed by atoms with Gasteiger partial charge in [0.25, 0.3) is 0 Å². The molecule has 1 saturated carbocycles. The van der Waals surface area contributed by atoms with E-state index in [-0.39, 0.29) is 23.7 Å². The van der Waals surface area contributed by atoms with Gasteiger partial charge in [-0.1, -0.05) is 0 Å². The standard InChI is InChI=1S/C28H36O15/c1-13(29)43-27(2)11-18(30)28(36)7-8-39-26(24(27)28)42-25-23(35)22(34)21(33)17(41-25)12-40-19(31)6-5-14-9-15(37-3)20(32)16(10-14)38-4/h5-10,17-18,21-26,30,32-36H,11-12H2,1-4H3/b6-5+/t17-,18-,21-,22+,23-,24-,25+,26+,27+,28-/m1/s1. The van der Waals surface area contributed by atoms with Crippen molar-refractivity contribution in [1.82, 2.24) is 0 Å². The van der Waals surface area contributed by atoms with Crippen LogP contribution in [0, 0.1) is 5.92 Å². The fourth-order valence-electron chi connectivity index (χ4n) is 5.63. The van der Waals surface area contributed by atoms with Crippen LogP contribution in [-0.4, -0.2) is 118 Å². The Labute approximate surface area is 246 Å². The first kappa shape index (κ1) is 32.5. The van der Waals surface area contributed by atoms with E-state index in [2.05, 4.69) is 0 Å². The third-order valence-corrected chi connectivity index (χ3v) is 7.73. The van der Waals surface area contributed by atoms with Gasteiger partial charge in [0.2, 0.25) is 12.0 Å². The molecule has 10 atom stereocenters. The second kappa shape index (κ2) is 12.7. The Hall–Kier alpha value is -3.44. The minimum absolute atomic E-state index is 0.112. The lowest BCUT2D eigenvalue weighted by atomic mass is 9.81. The quantitative estimate of drug-likeness (QED) is 0.147. The number of hydrogen-bond donors (Lipinski definition) is 6. The van der Waals surface area contributed by atoms with Gasteiger partial charge < -0.3 is 63.8 Å². The van der Waals surface area contributed by atoms with Gasteiger partial charge in [0, 0.05) is 19.4 Å². The van der Waals surface area contributed by atoms with Crippen LogP contribution in [0.4, 0.5) is 0 Å². The molecule has 15 heteroatoms. The van der Waals surface area contributed by atoms with Crippen molar-refractivity contribution in [2.24, 2.45) is 5.92 Å². The monoisotopic (exact) mass is 612 g/mol. The molecule has 1 aromatic rings. The summed E-state index contributed by atoms with van der Waals surface area (Å²) in [6, 6.07) is 2.91. The molecule has 0 bridgehead atoms. The lowest BCUT2D eigenvalue weighted by Gasteiger charge is -2.46. The van der Waals surface area contributed by atoms with Crippen molar-refractivity contribution in [2.75, 3.05) is 20.8 Å². The molecule has 238 valence electrons. The Balaban J connectivity index is 1.44. The van der Waals surface area contributed by atoms with Crippen LogP contribution in [0.15, 0.2) is 30.5 Å². The van der Waals surface area contributed by atoms with E-state index in [1.54, 1.807) is 0 Å². The van der Waals surface area contributed by atoms with E-state index in [1.807, 2.05) is 0 Å². The second-order valence-electron chi connectivity index (χ2n) is 10.7. The third kappa shape index (κ3) is 6.43. The first-order valence-electron chi connectivity index (χ1n) is 13.3. The maximum absolute atomic E-state index is 12.4. The van der Waals surface area contributed by atoms with Crippen molar-refractivity contribution < 1.29 is 73.4 Å². The minimum Gasteiger partial charge on any atom is -0.502 e. The molecule has 2 heterocycles. The van der Waals surface area contributed by atoms with Gasteiger partial charge in [-0.05, 0) is 36.8 Å². The average Bonchev–Trinajstić information content (AvgIpc) is 3.15. The Bertz CT molecular complexity index is 1220. The van der Waals surface area contributed by atoms with Crippen molar-refractivity contribution in [3.05, 3.63) is 36.1 Å². The largest absolute Gasteiger partial charge is 0.502 e. The lowest BCUT2D eigenvalue weighted by Crippen LogP contribution is -2.62. The molecule has 43 heavy (non-hydrogen) atoms. The number of benzene rings is 1. The summed E-state index contributed by atoms with van der Waals surface area (Å²) in [5.41, 5.74) is -2.96. The fraction of sp³-hybridized carbons (Fsp3) is 0.571. The fourth-order valence-corrected chi connectivity index (χ4v) is 5.63. The van der Waals surface area contributed by atoms with Gasteiger partial charge in [-0.3, -0.25) is 4.79 Å². The highest BCUT2D eigenvalue weighted by atomic mass is 16.8. The van der Waals surface area contributed by atoms with E-state index in [9.17, 15) is 40.2 Å². The number of phenols is 1.